The zero-order valence-electron chi connectivity index (χ0n) is 6.09. The maximum absolute atomic E-state index is 10.7. The highest BCUT2D eigenvalue weighted by atomic mass is 16.5. The van der Waals surface area contributed by atoms with E-state index in [1.54, 1.807) is 14.1 Å². The molecule has 0 heterocycles. The lowest BCUT2D eigenvalue weighted by atomic mass is 10.4. The fraction of sp³-hybridized carbons (Fsp3) is 0.667. The topological polar surface area (TPSA) is 46.6 Å². The largest absolute Gasteiger partial charge is 0.457 e. The summed E-state index contributed by atoms with van der Waals surface area (Å²) < 4.78 is 4.20. The lowest BCUT2D eigenvalue weighted by Crippen LogP contribution is -2.22. The molecule has 10 heavy (non-hydrogen) atoms. The van der Waals surface area contributed by atoms with Crippen LogP contribution in [0.4, 0.5) is 0 Å². The SMILES string of the molecule is CN(C)C(=O)CCO[C]=O. The van der Waals surface area contributed by atoms with Gasteiger partial charge in [-0.1, -0.05) is 0 Å². The van der Waals surface area contributed by atoms with Crippen LogP contribution in [0.15, 0.2) is 0 Å². The molecule has 0 N–H and O–H groups in total. The Morgan fingerprint density at radius 1 is 1.60 bits per heavy atom. The van der Waals surface area contributed by atoms with Crippen LogP contribution >= 0.6 is 0 Å². The number of carbonyl (C=O) groups is 1. The van der Waals surface area contributed by atoms with Gasteiger partial charge in [0.05, 0.1) is 6.42 Å². The van der Waals surface area contributed by atoms with Crippen molar-refractivity contribution >= 4 is 12.4 Å². The molecule has 0 bridgehead atoms. The summed E-state index contributed by atoms with van der Waals surface area (Å²) in [7, 11) is 3.29. The first-order valence-electron chi connectivity index (χ1n) is 2.87. The Hall–Kier alpha value is -1.06. The zero-order valence-corrected chi connectivity index (χ0v) is 6.09. The van der Waals surface area contributed by atoms with Gasteiger partial charge in [0.2, 0.25) is 5.91 Å². The molecule has 0 aliphatic rings. The lowest BCUT2D eigenvalue weighted by molar-refractivity contribution is -0.129. The summed E-state index contributed by atoms with van der Waals surface area (Å²) in [5, 5.41) is 0. The van der Waals surface area contributed by atoms with Gasteiger partial charge in [0.1, 0.15) is 6.61 Å². The Kier molecular flexibility index (Phi) is 4.28. The maximum atomic E-state index is 10.7. The van der Waals surface area contributed by atoms with Crippen LogP contribution in [0.25, 0.3) is 0 Å². The molecule has 4 heteroatoms. The lowest BCUT2D eigenvalue weighted by Gasteiger charge is -2.08. The Labute approximate surface area is 59.8 Å². The molecule has 0 aliphatic heterocycles. The van der Waals surface area contributed by atoms with Crippen molar-refractivity contribution in [2.45, 2.75) is 6.42 Å². The molecule has 0 aromatic carbocycles. The molecule has 0 spiro atoms. The van der Waals surface area contributed by atoms with E-state index in [1.165, 1.54) is 11.4 Å². The summed E-state index contributed by atoms with van der Waals surface area (Å²) in [5.74, 6) is -0.0600. The summed E-state index contributed by atoms with van der Waals surface area (Å²) >= 11 is 0. The van der Waals surface area contributed by atoms with E-state index in [9.17, 15) is 9.59 Å². The molecule has 0 rings (SSSR count). The van der Waals surface area contributed by atoms with E-state index in [4.69, 9.17) is 0 Å². The predicted molar refractivity (Wildman–Crippen MR) is 35.0 cm³/mol. The average molecular weight is 144 g/mol. The van der Waals surface area contributed by atoms with E-state index in [0.717, 1.165) is 0 Å². The van der Waals surface area contributed by atoms with Gasteiger partial charge in [0.15, 0.2) is 0 Å². The van der Waals surface area contributed by atoms with Crippen LogP contribution in [0.2, 0.25) is 0 Å². The highest BCUT2D eigenvalue weighted by Crippen LogP contribution is 1.86. The van der Waals surface area contributed by atoms with E-state index >= 15 is 0 Å². The number of nitrogens with zero attached hydrogens (tertiary/aromatic N) is 1. The van der Waals surface area contributed by atoms with Gasteiger partial charge in [-0.2, -0.15) is 0 Å². The van der Waals surface area contributed by atoms with Crippen molar-refractivity contribution in [1.82, 2.24) is 4.90 Å². The molecule has 0 saturated heterocycles. The molecule has 4 nitrogen and oxygen atoms in total. The molecule has 0 fully saturated rings. The number of hydrogen-bond acceptors (Lipinski definition) is 3. The smallest absolute Gasteiger partial charge is 0.417 e. The van der Waals surface area contributed by atoms with E-state index in [0.29, 0.717) is 0 Å². The summed E-state index contributed by atoms with van der Waals surface area (Å²) in [6, 6.07) is 0. The number of hydrogen-bond donors (Lipinski definition) is 0. The minimum Gasteiger partial charge on any atom is -0.457 e. The fourth-order valence-corrected chi connectivity index (χ4v) is 0.404. The minimum atomic E-state index is -0.0600. The first-order chi connectivity index (χ1) is 4.68. The third-order valence-electron chi connectivity index (χ3n) is 0.976. The number of carbonyl (C=O) groups excluding carboxylic acids is 2. The van der Waals surface area contributed by atoms with Gasteiger partial charge in [-0.15, -0.1) is 0 Å². The molecule has 0 saturated carbocycles. The van der Waals surface area contributed by atoms with Crippen molar-refractivity contribution in [1.29, 1.82) is 0 Å². The highest BCUT2D eigenvalue weighted by molar-refractivity contribution is 5.75. The molecule has 0 aromatic heterocycles. The Morgan fingerprint density at radius 2 is 2.20 bits per heavy atom. The maximum Gasteiger partial charge on any atom is 0.417 e. The average Bonchev–Trinajstić information content (AvgIpc) is 1.88. The molecular weight excluding hydrogens is 134 g/mol. The van der Waals surface area contributed by atoms with Crippen molar-refractivity contribution in [2.24, 2.45) is 0 Å². The first kappa shape index (κ1) is 8.94. The van der Waals surface area contributed by atoms with Gasteiger partial charge < -0.3 is 9.64 Å². The van der Waals surface area contributed by atoms with E-state index in [1.807, 2.05) is 0 Å². The Balaban J connectivity index is 3.30. The van der Waals surface area contributed by atoms with Gasteiger partial charge in [0.25, 0.3) is 0 Å². The van der Waals surface area contributed by atoms with Crippen molar-refractivity contribution < 1.29 is 14.3 Å². The van der Waals surface area contributed by atoms with Crippen LogP contribution in [0.1, 0.15) is 6.42 Å². The molecule has 1 amide bonds. The van der Waals surface area contributed by atoms with E-state index < -0.39 is 0 Å². The molecular formula is C6H10NO3. The van der Waals surface area contributed by atoms with Crippen molar-refractivity contribution in [3.05, 3.63) is 0 Å². The number of ether oxygens (including phenoxy) is 1. The standard InChI is InChI=1S/C6H10NO3/c1-7(2)6(9)3-4-10-5-8/h3-4H2,1-2H3. The second-order valence-electron chi connectivity index (χ2n) is 1.97. The fourth-order valence-electron chi connectivity index (χ4n) is 0.404. The summed E-state index contributed by atoms with van der Waals surface area (Å²) in [6.45, 7) is 1.35. The third-order valence-corrected chi connectivity index (χ3v) is 0.976. The molecule has 57 valence electrons. The van der Waals surface area contributed by atoms with Gasteiger partial charge in [-0.3, -0.25) is 4.79 Å². The van der Waals surface area contributed by atoms with Crippen LogP contribution in [-0.4, -0.2) is 38.0 Å². The van der Waals surface area contributed by atoms with Crippen molar-refractivity contribution in [2.75, 3.05) is 20.7 Å². The summed E-state index contributed by atoms with van der Waals surface area (Å²) in [4.78, 5) is 21.7. The highest BCUT2D eigenvalue weighted by Gasteiger charge is 2.02. The van der Waals surface area contributed by atoms with E-state index in [2.05, 4.69) is 4.74 Å². The van der Waals surface area contributed by atoms with Crippen LogP contribution in [0.5, 0.6) is 0 Å². The second kappa shape index (κ2) is 4.78. The quantitative estimate of drug-likeness (QED) is 0.502. The van der Waals surface area contributed by atoms with Crippen LogP contribution < -0.4 is 0 Å². The van der Waals surface area contributed by atoms with Gasteiger partial charge >= 0.3 is 6.47 Å². The molecule has 0 atom stereocenters. The molecule has 0 aliphatic carbocycles. The Morgan fingerprint density at radius 3 is 2.60 bits per heavy atom. The summed E-state index contributed by atoms with van der Waals surface area (Å²) in [6.07, 6.45) is 0.224. The van der Waals surface area contributed by atoms with Crippen molar-refractivity contribution in [3.63, 3.8) is 0 Å². The number of amides is 1. The van der Waals surface area contributed by atoms with Gasteiger partial charge in [-0.05, 0) is 0 Å². The molecule has 1 radical (unpaired) electrons. The van der Waals surface area contributed by atoms with Crippen LogP contribution in [-0.2, 0) is 14.3 Å². The second-order valence-corrected chi connectivity index (χ2v) is 1.97. The molecule has 0 aromatic rings. The predicted octanol–water partition coefficient (Wildman–Crippen LogP) is -0.452. The van der Waals surface area contributed by atoms with Crippen molar-refractivity contribution in [3.8, 4) is 0 Å². The van der Waals surface area contributed by atoms with E-state index in [-0.39, 0.29) is 18.9 Å². The monoisotopic (exact) mass is 144 g/mol. The normalized spacial score (nSPS) is 8.60. The Bertz CT molecular complexity index is 122. The zero-order chi connectivity index (χ0) is 7.98. The number of rotatable bonds is 4. The third kappa shape index (κ3) is 3.88. The minimum absolute atomic E-state index is 0.0600. The molecule has 0 unspecified atom stereocenters. The van der Waals surface area contributed by atoms with Gasteiger partial charge in [-0.25, -0.2) is 4.79 Å². The summed E-state index contributed by atoms with van der Waals surface area (Å²) in [5.41, 5.74) is 0. The first-order valence-corrected chi connectivity index (χ1v) is 2.87. The van der Waals surface area contributed by atoms with Crippen LogP contribution in [0.3, 0.4) is 0 Å². The van der Waals surface area contributed by atoms with Crippen LogP contribution in [0, 0.1) is 0 Å². The van der Waals surface area contributed by atoms with Gasteiger partial charge in [0, 0.05) is 14.1 Å².